The number of halogens is 2. The number of rotatable bonds is 5. The summed E-state index contributed by atoms with van der Waals surface area (Å²) >= 11 is 13.1. The predicted molar refractivity (Wildman–Crippen MR) is 109 cm³/mol. The molecule has 0 spiro atoms. The largest absolute Gasteiger partial charge is 0.383 e. The standard InChI is InChI=1S/C17H15Cl2N3O4S2/c1-26-7-6-22-14-5-3-11(28(20,24)25)9-15(14)27-17(22)21-16(23)12-4-2-10(18)8-13(12)19/h2-5,8-9H,6-7H2,1H3,(H2,20,24,25). The van der Waals surface area contributed by atoms with Gasteiger partial charge in [-0.3, -0.25) is 4.79 Å². The quantitative estimate of drug-likeness (QED) is 0.632. The molecule has 2 N–H and O–H groups in total. The van der Waals surface area contributed by atoms with Gasteiger partial charge in [-0.25, -0.2) is 13.6 Å². The summed E-state index contributed by atoms with van der Waals surface area (Å²) in [5.41, 5.74) is 0.926. The summed E-state index contributed by atoms with van der Waals surface area (Å²) in [5.74, 6) is -0.536. The molecule has 0 unspecified atom stereocenters. The van der Waals surface area contributed by atoms with Crippen molar-refractivity contribution in [1.82, 2.24) is 4.57 Å². The Bertz CT molecular complexity index is 1230. The number of sulfonamides is 1. The molecule has 1 amide bonds. The van der Waals surface area contributed by atoms with Crippen LogP contribution in [0.1, 0.15) is 10.4 Å². The second-order valence-electron chi connectivity index (χ2n) is 5.74. The van der Waals surface area contributed by atoms with Crippen molar-refractivity contribution in [3.05, 3.63) is 56.8 Å². The van der Waals surface area contributed by atoms with E-state index in [2.05, 4.69) is 4.99 Å². The van der Waals surface area contributed by atoms with Gasteiger partial charge in [0.05, 0.1) is 32.3 Å². The maximum atomic E-state index is 12.6. The fourth-order valence-corrected chi connectivity index (χ4v) is 4.72. The van der Waals surface area contributed by atoms with Crippen LogP contribution in [0.15, 0.2) is 46.3 Å². The molecule has 0 atom stereocenters. The number of methoxy groups -OCH3 is 1. The predicted octanol–water partition coefficient (Wildman–Crippen LogP) is 3.04. The second-order valence-corrected chi connectivity index (χ2v) is 9.16. The van der Waals surface area contributed by atoms with Crippen LogP contribution in [-0.4, -0.2) is 32.6 Å². The topological polar surface area (TPSA) is 104 Å². The van der Waals surface area contributed by atoms with Crippen molar-refractivity contribution < 1.29 is 17.9 Å². The van der Waals surface area contributed by atoms with Gasteiger partial charge in [-0.15, -0.1) is 0 Å². The lowest BCUT2D eigenvalue weighted by atomic mass is 10.2. The summed E-state index contributed by atoms with van der Waals surface area (Å²) in [6.45, 7) is 0.803. The van der Waals surface area contributed by atoms with Gasteiger partial charge in [0.15, 0.2) is 4.80 Å². The van der Waals surface area contributed by atoms with Gasteiger partial charge in [-0.1, -0.05) is 34.5 Å². The molecule has 0 aliphatic heterocycles. The first-order valence-corrected chi connectivity index (χ1v) is 11.0. The summed E-state index contributed by atoms with van der Waals surface area (Å²) in [4.78, 5) is 17.2. The number of ether oxygens (including phenoxy) is 1. The summed E-state index contributed by atoms with van der Waals surface area (Å²) in [6.07, 6.45) is 0. The molecular formula is C17H15Cl2N3O4S2. The van der Waals surface area contributed by atoms with Gasteiger partial charge in [-0.2, -0.15) is 4.99 Å². The number of carbonyl (C=O) groups excluding carboxylic acids is 1. The van der Waals surface area contributed by atoms with Crippen molar-refractivity contribution >= 4 is 60.7 Å². The second kappa shape index (κ2) is 8.32. The van der Waals surface area contributed by atoms with Gasteiger partial charge in [-0.05, 0) is 36.4 Å². The van der Waals surface area contributed by atoms with Crippen LogP contribution in [0, 0.1) is 0 Å². The zero-order valence-corrected chi connectivity index (χ0v) is 17.7. The molecule has 0 aliphatic carbocycles. The number of primary sulfonamides is 1. The number of aromatic nitrogens is 1. The molecule has 1 heterocycles. The Morgan fingerprint density at radius 2 is 2.00 bits per heavy atom. The molecular weight excluding hydrogens is 445 g/mol. The van der Waals surface area contributed by atoms with E-state index in [1.54, 1.807) is 23.8 Å². The highest BCUT2D eigenvalue weighted by atomic mass is 35.5. The lowest BCUT2D eigenvalue weighted by molar-refractivity contribution is 0.0997. The molecule has 3 aromatic rings. The molecule has 28 heavy (non-hydrogen) atoms. The van der Waals surface area contributed by atoms with Crippen LogP contribution in [0.25, 0.3) is 10.2 Å². The Morgan fingerprint density at radius 3 is 2.64 bits per heavy atom. The molecule has 7 nitrogen and oxygen atoms in total. The average Bonchev–Trinajstić information content (AvgIpc) is 2.95. The van der Waals surface area contributed by atoms with Gasteiger partial charge in [0, 0.05) is 18.7 Å². The number of carbonyl (C=O) groups is 1. The highest BCUT2D eigenvalue weighted by Gasteiger charge is 2.15. The number of amides is 1. The molecule has 0 fully saturated rings. The minimum Gasteiger partial charge on any atom is -0.383 e. The van der Waals surface area contributed by atoms with Gasteiger partial charge in [0.1, 0.15) is 0 Å². The smallest absolute Gasteiger partial charge is 0.281 e. The zero-order valence-electron chi connectivity index (χ0n) is 14.6. The zero-order chi connectivity index (χ0) is 20.5. The van der Waals surface area contributed by atoms with Crippen molar-refractivity contribution in [2.45, 2.75) is 11.4 Å². The SMILES string of the molecule is COCCn1c(=NC(=O)c2ccc(Cl)cc2Cl)sc2cc(S(N)(=O)=O)ccc21. The van der Waals surface area contributed by atoms with E-state index in [0.717, 1.165) is 0 Å². The third-order valence-corrected chi connectivity index (χ3v) is 6.36. The lowest BCUT2D eigenvalue weighted by Gasteiger charge is -2.05. The van der Waals surface area contributed by atoms with E-state index < -0.39 is 15.9 Å². The van der Waals surface area contributed by atoms with E-state index in [1.165, 1.54) is 35.6 Å². The summed E-state index contributed by atoms with van der Waals surface area (Å²) in [7, 11) is -2.29. The molecule has 0 saturated carbocycles. The minimum atomic E-state index is -3.85. The van der Waals surface area contributed by atoms with Crippen molar-refractivity contribution in [2.75, 3.05) is 13.7 Å². The molecule has 2 aromatic carbocycles. The van der Waals surface area contributed by atoms with E-state index in [1.807, 2.05) is 0 Å². The molecule has 0 bridgehead atoms. The van der Waals surface area contributed by atoms with Gasteiger partial charge in [0.25, 0.3) is 5.91 Å². The Hall–Kier alpha value is -1.75. The van der Waals surface area contributed by atoms with Crippen LogP contribution in [0.3, 0.4) is 0 Å². The highest BCUT2D eigenvalue weighted by Crippen LogP contribution is 2.23. The third kappa shape index (κ3) is 4.45. The highest BCUT2D eigenvalue weighted by molar-refractivity contribution is 7.89. The fraction of sp³-hybridized carbons (Fsp3) is 0.176. The van der Waals surface area contributed by atoms with Crippen LogP contribution in [0.5, 0.6) is 0 Å². The number of nitrogens with zero attached hydrogens (tertiary/aromatic N) is 2. The van der Waals surface area contributed by atoms with Gasteiger partial charge >= 0.3 is 0 Å². The summed E-state index contributed by atoms with van der Waals surface area (Å²) < 4.78 is 30.8. The van der Waals surface area contributed by atoms with Crippen LogP contribution in [-0.2, 0) is 21.3 Å². The maximum Gasteiger partial charge on any atom is 0.281 e. The molecule has 148 valence electrons. The normalized spacial score (nSPS) is 12.6. The van der Waals surface area contributed by atoms with Crippen molar-refractivity contribution in [1.29, 1.82) is 0 Å². The fourth-order valence-electron chi connectivity index (χ4n) is 2.52. The van der Waals surface area contributed by atoms with E-state index in [0.29, 0.717) is 33.2 Å². The monoisotopic (exact) mass is 459 g/mol. The lowest BCUT2D eigenvalue weighted by Crippen LogP contribution is -2.19. The first-order valence-electron chi connectivity index (χ1n) is 7.90. The van der Waals surface area contributed by atoms with Gasteiger partial charge < -0.3 is 9.30 Å². The van der Waals surface area contributed by atoms with Crippen molar-refractivity contribution in [2.24, 2.45) is 10.1 Å². The average molecular weight is 460 g/mol. The first kappa shape index (κ1) is 21.0. The number of nitrogens with two attached hydrogens (primary N) is 1. The number of benzene rings is 2. The Balaban J connectivity index is 2.17. The summed E-state index contributed by atoms with van der Waals surface area (Å²) in [5, 5.41) is 5.81. The Morgan fingerprint density at radius 1 is 1.25 bits per heavy atom. The van der Waals surface area contributed by atoms with Crippen LogP contribution < -0.4 is 9.94 Å². The van der Waals surface area contributed by atoms with Crippen molar-refractivity contribution in [3.63, 3.8) is 0 Å². The van der Waals surface area contributed by atoms with E-state index in [-0.39, 0.29) is 15.5 Å². The van der Waals surface area contributed by atoms with E-state index in [4.69, 9.17) is 33.1 Å². The molecule has 11 heteroatoms. The Kier molecular flexibility index (Phi) is 6.23. The molecule has 1 aromatic heterocycles. The van der Waals surface area contributed by atoms with Crippen LogP contribution in [0.4, 0.5) is 0 Å². The number of hydrogen-bond donors (Lipinski definition) is 1. The number of hydrogen-bond acceptors (Lipinski definition) is 5. The Labute approximate surface area is 175 Å². The van der Waals surface area contributed by atoms with Crippen molar-refractivity contribution in [3.8, 4) is 0 Å². The number of thiazole rings is 1. The molecule has 3 rings (SSSR count). The first-order chi connectivity index (χ1) is 13.2. The third-order valence-electron chi connectivity index (χ3n) is 3.86. The molecule has 0 radical (unpaired) electrons. The molecule has 0 saturated heterocycles. The molecule has 0 aliphatic rings. The van der Waals surface area contributed by atoms with Crippen LogP contribution >= 0.6 is 34.5 Å². The van der Waals surface area contributed by atoms with Gasteiger partial charge in [0.2, 0.25) is 10.0 Å². The maximum absolute atomic E-state index is 12.6. The summed E-state index contributed by atoms with van der Waals surface area (Å²) in [6, 6.07) is 9.02. The van der Waals surface area contributed by atoms with E-state index in [9.17, 15) is 13.2 Å². The number of fused-ring (bicyclic) bond motifs is 1. The van der Waals surface area contributed by atoms with Crippen LogP contribution in [0.2, 0.25) is 10.0 Å². The minimum absolute atomic E-state index is 0.0150. The van der Waals surface area contributed by atoms with E-state index >= 15 is 0 Å².